The fraction of sp³-hybridized carbons (Fsp3) is 0.350. The topological polar surface area (TPSA) is 77.5 Å². The average Bonchev–Trinajstić information content (AvgIpc) is 3.37. The van der Waals surface area contributed by atoms with Crippen molar-refractivity contribution >= 4 is 17.1 Å². The van der Waals surface area contributed by atoms with Gasteiger partial charge in [-0.1, -0.05) is 5.10 Å². The van der Waals surface area contributed by atoms with E-state index in [0.717, 1.165) is 4.80 Å². The third-order valence-electron chi connectivity index (χ3n) is 5.03. The van der Waals surface area contributed by atoms with Gasteiger partial charge < -0.3 is 9.47 Å². The van der Waals surface area contributed by atoms with E-state index < -0.39 is 23.5 Å². The van der Waals surface area contributed by atoms with E-state index in [-0.39, 0.29) is 30.7 Å². The minimum absolute atomic E-state index is 0.0349. The minimum atomic E-state index is -4.95. The average molecular weight is 484 g/mol. The fourth-order valence-corrected chi connectivity index (χ4v) is 3.46. The Labute approximate surface area is 188 Å². The smallest absolute Gasteiger partial charge is 0.329 e. The minimum Gasteiger partial charge on any atom is -0.329 e. The molecule has 1 aromatic carbocycles. The van der Waals surface area contributed by atoms with Crippen LogP contribution in [0.5, 0.6) is 0 Å². The van der Waals surface area contributed by atoms with Gasteiger partial charge in [0, 0.05) is 25.8 Å². The summed E-state index contributed by atoms with van der Waals surface area (Å²) in [5.41, 5.74) is -1.12. The highest BCUT2D eigenvalue weighted by Crippen LogP contribution is 2.36. The highest BCUT2D eigenvalue weighted by molar-refractivity contribution is 5.71. The van der Waals surface area contributed by atoms with E-state index in [2.05, 4.69) is 25.4 Å². The summed E-state index contributed by atoms with van der Waals surface area (Å²) in [6.45, 7) is 2.31. The van der Waals surface area contributed by atoms with Crippen molar-refractivity contribution in [1.29, 1.82) is 0 Å². The normalized spacial score (nSPS) is 12.5. The molecule has 0 aliphatic carbocycles. The Bertz CT molecular complexity index is 1270. The number of aromatic nitrogens is 7. The van der Waals surface area contributed by atoms with Crippen LogP contribution < -0.4 is 4.90 Å². The van der Waals surface area contributed by atoms with E-state index in [0.29, 0.717) is 35.4 Å². The number of benzene rings is 1. The van der Waals surface area contributed by atoms with Crippen LogP contribution in [0.15, 0.2) is 36.8 Å². The highest BCUT2D eigenvalue weighted by Gasteiger charge is 2.37. The zero-order chi connectivity index (χ0) is 24.7. The molecule has 3 heterocycles. The summed E-state index contributed by atoms with van der Waals surface area (Å²) in [4.78, 5) is 11.2. The monoisotopic (exact) mass is 484 g/mol. The molecule has 0 N–H and O–H groups in total. The first kappa shape index (κ1) is 23.4. The number of hydrogen-bond acceptors (Lipinski definition) is 6. The number of anilines is 1. The van der Waals surface area contributed by atoms with Crippen molar-refractivity contribution in [1.82, 2.24) is 34.7 Å². The molecule has 0 saturated heterocycles. The molecule has 0 fully saturated rings. The Balaban J connectivity index is 1.71. The van der Waals surface area contributed by atoms with Crippen molar-refractivity contribution in [2.45, 2.75) is 38.9 Å². The Kier molecular flexibility index (Phi) is 5.91. The molecule has 34 heavy (non-hydrogen) atoms. The van der Waals surface area contributed by atoms with E-state index in [4.69, 9.17) is 0 Å². The van der Waals surface area contributed by atoms with Crippen molar-refractivity contribution in [2.75, 3.05) is 4.90 Å². The van der Waals surface area contributed by atoms with Crippen LogP contribution in [0.3, 0.4) is 0 Å². The number of nitrogens with zero attached hydrogens (tertiary/aromatic N) is 8. The number of pyridine rings is 1. The molecular weight excluding hydrogens is 466 g/mol. The zero-order valence-electron chi connectivity index (χ0n) is 17.9. The second-order valence-electron chi connectivity index (χ2n) is 7.57. The molecule has 0 atom stereocenters. The first-order chi connectivity index (χ1) is 15.9. The van der Waals surface area contributed by atoms with Gasteiger partial charge in [0.15, 0.2) is 5.65 Å². The summed E-state index contributed by atoms with van der Waals surface area (Å²) in [6.07, 6.45) is -6.70. The molecule has 14 heteroatoms. The number of rotatable bonds is 6. The molecule has 0 saturated carbocycles. The van der Waals surface area contributed by atoms with Crippen molar-refractivity contribution in [3.63, 3.8) is 0 Å². The SMILES string of the molecule is CCn1cnc2cc(CN(Cc3cc(C(F)(F)F)cc(C(F)(F)F)c3)c3nnn(C)n3)cnc21. The van der Waals surface area contributed by atoms with Gasteiger partial charge in [0.1, 0.15) is 5.52 Å². The molecule has 0 spiro atoms. The van der Waals surface area contributed by atoms with Gasteiger partial charge in [-0.15, -0.1) is 5.10 Å². The lowest BCUT2D eigenvalue weighted by atomic mass is 10.0. The fourth-order valence-electron chi connectivity index (χ4n) is 3.46. The van der Waals surface area contributed by atoms with Gasteiger partial charge in [0.25, 0.3) is 5.95 Å². The maximum atomic E-state index is 13.3. The van der Waals surface area contributed by atoms with Gasteiger partial charge in [-0.25, -0.2) is 9.97 Å². The number of imidazole rings is 1. The Hall–Kier alpha value is -3.71. The molecular formula is C20H18F6N8. The lowest BCUT2D eigenvalue weighted by Gasteiger charge is -2.22. The van der Waals surface area contributed by atoms with E-state index in [9.17, 15) is 26.3 Å². The van der Waals surface area contributed by atoms with Crippen LogP contribution in [-0.4, -0.2) is 34.7 Å². The molecule has 0 amide bonds. The van der Waals surface area contributed by atoms with Crippen molar-refractivity contribution in [3.8, 4) is 0 Å². The number of alkyl halides is 6. The maximum absolute atomic E-state index is 13.3. The molecule has 0 aliphatic rings. The van der Waals surface area contributed by atoms with Crippen LogP contribution in [0.4, 0.5) is 32.3 Å². The molecule has 180 valence electrons. The Morgan fingerprint density at radius 3 is 2.09 bits per heavy atom. The predicted molar refractivity (Wildman–Crippen MR) is 108 cm³/mol. The number of halogens is 6. The summed E-state index contributed by atoms with van der Waals surface area (Å²) in [5, 5.41) is 11.7. The van der Waals surface area contributed by atoms with Crippen LogP contribution in [0.2, 0.25) is 0 Å². The van der Waals surface area contributed by atoms with Crippen LogP contribution in [0.1, 0.15) is 29.2 Å². The third kappa shape index (κ3) is 4.94. The summed E-state index contributed by atoms with van der Waals surface area (Å²) in [7, 11) is 1.49. The maximum Gasteiger partial charge on any atom is 0.416 e. The number of aryl methyl sites for hydroxylation is 2. The molecule has 4 aromatic rings. The quantitative estimate of drug-likeness (QED) is 0.382. The summed E-state index contributed by atoms with van der Waals surface area (Å²) in [5.74, 6) is 0.0349. The molecule has 4 rings (SSSR count). The lowest BCUT2D eigenvalue weighted by molar-refractivity contribution is -0.143. The molecule has 0 aliphatic heterocycles. The number of fused-ring (bicyclic) bond motifs is 1. The van der Waals surface area contributed by atoms with E-state index in [1.807, 2.05) is 11.5 Å². The van der Waals surface area contributed by atoms with Gasteiger partial charge in [-0.05, 0) is 47.5 Å². The van der Waals surface area contributed by atoms with Gasteiger partial charge >= 0.3 is 12.4 Å². The zero-order valence-corrected chi connectivity index (χ0v) is 17.9. The number of tetrazole rings is 1. The molecule has 0 unspecified atom stereocenters. The van der Waals surface area contributed by atoms with Crippen molar-refractivity contribution in [3.05, 3.63) is 59.0 Å². The van der Waals surface area contributed by atoms with Gasteiger partial charge in [-0.2, -0.15) is 31.1 Å². The summed E-state index contributed by atoms with van der Waals surface area (Å²) in [6, 6.07) is 3.20. The van der Waals surface area contributed by atoms with Gasteiger partial charge in [0.2, 0.25) is 0 Å². The van der Waals surface area contributed by atoms with Crippen LogP contribution >= 0.6 is 0 Å². The van der Waals surface area contributed by atoms with Crippen molar-refractivity contribution in [2.24, 2.45) is 7.05 Å². The van der Waals surface area contributed by atoms with Crippen LogP contribution in [-0.2, 0) is 39.0 Å². The number of hydrogen-bond donors (Lipinski definition) is 0. The summed E-state index contributed by atoms with van der Waals surface area (Å²) >= 11 is 0. The first-order valence-corrected chi connectivity index (χ1v) is 10.0. The van der Waals surface area contributed by atoms with Gasteiger partial charge in [-0.3, -0.25) is 0 Å². The molecule has 8 nitrogen and oxygen atoms in total. The van der Waals surface area contributed by atoms with Gasteiger partial charge in [0.05, 0.1) is 24.5 Å². The largest absolute Gasteiger partial charge is 0.416 e. The standard InChI is InChI=1S/C20H18F6N8/c1-3-33-11-28-16-6-13(8-27-17(16)33)10-34(18-29-31-32(2)30-18)9-12-4-14(19(21,22)23)7-15(5-12)20(24,25)26/h4-8,11H,3,9-10H2,1-2H3. The lowest BCUT2D eigenvalue weighted by Crippen LogP contribution is -2.24. The first-order valence-electron chi connectivity index (χ1n) is 10.0. The predicted octanol–water partition coefficient (Wildman–Crippen LogP) is 4.22. The summed E-state index contributed by atoms with van der Waals surface area (Å²) < 4.78 is 81.6. The Morgan fingerprint density at radius 2 is 1.53 bits per heavy atom. The van der Waals surface area contributed by atoms with Crippen LogP contribution in [0, 0.1) is 0 Å². The molecule has 3 aromatic heterocycles. The second-order valence-corrected chi connectivity index (χ2v) is 7.57. The van der Waals surface area contributed by atoms with Crippen molar-refractivity contribution < 1.29 is 26.3 Å². The van der Waals surface area contributed by atoms with E-state index >= 15 is 0 Å². The highest BCUT2D eigenvalue weighted by atomic mass is 19.4. The third-order valence-corrected chi connectivity index (χ3v) is 5.03. The molecule has 0 bridgehead atoms. The Morgan fingerprint density at radius 1 is 0.882 bits per heavy atom. The van der Waals surface area contributed by atoms with E-state index in [1.54, 1.807) is 18.6 Å². The van der Waals surface area contributed by atoms with E-state index in [1.165, 1.54) is 11.9 Å². The second kappa shape index (κ2) is 8.57. The van der Waals surface area contributed by atoms with Crippen LogP contribution in [0.25, 0.3) is 11.2 Å². The molecule has 0 radical (unpaired) electrons.